The van der Waals surface area contributed by atoms with Crippen LogP contribution in [-0.2, 0) is 4.74 Å². The fourth-order valence-electron chi connectivity index (χ4n) is 1.23. The van der Waals surface area contributed by atoms with Gasteiger partial charge in [-0.3, -0.25) is 0 Å². The first kappa shape index (κ1) is 8.58. The molecule has 0 heterocycles. The molecule has 1 aliphatic rings. The van der Waals surface area contributed by atoms with E-state index in [0.717, 1.165) is 12.5 Å². The molecule has 1 rings (SSSR count). The second-order valence-corrected chi connectivity index (χ2v) is 2.98. The summed E-state index contributed by atoms with van der Waals surface area (Å²) in [6.45, 7) is 1.44. The highest BCUT2D eigenvalue weighted by atomic mass is 16.5. The van der Waals surface area contributed by atoms with E-state index in [-0.39, 0.29) is 0 Å². The highest BCUT2D eigenvalue weighted by Crippen LogP contribution is 2.32. The van der Waals surface area contributed by atoms with Crippen LogP contribution in [0.5, 0.6) is 0 Å². The molecule has 0 radical (unpaired) electrons. The molecule has 2 nitrogen and oxygen atoms in total. The largest absolute Gasteiger partial charge is 0.383 e. The SMILES string of the molecule is C#CCNC(COC)C1CC1. The van der Waals surface area contributed by atoms with Gasteiger partial charge in [-0.2, -0.15) is 0 Å². The molecular weight excluding hydrogens is 138 g/mol. The Balaban J connectivity index is 2.16. The maximum Gasteiger partial charge on any atom is 0.0618 e. The minimum atomic E-state index is 0.482. The predicted molar refractivity (Wildman–Crippen MR) is 45.2 cm³/mol. The lowest BCUT2D eigenvalue weighted by molar-refractivity contribution is 0.160. The summed E-state index contributed by atoms with van der Waals surface area (Å²) in [4.78, 5) is 0. The molecule has 1 unspecified atom stereocenters. The molecule has 1 aliphatic carbocycles. The van der Waals surface area contributed by atoms with Gasteiger partial charge in [0.2, 0.25) is 0 Å². The number of terminal acetylenes is 1. The number of rotatable bonds is 5. The summed E-state index contributed by atoms with van der Waals surface area (Å²) in [7, 11) is 1.73. The molecule has 0 aromatic carbocycles. The van der Waals surface area contributed by atoms with Crippen molar-refractivity contribution in [2.75, 3.05) is 20.3 Å². The van der Waals surface area contributed by atoms with Crippen LogP contribution in [0.25, 0.3) is 0 Å². The van der Waals surface area contributed by atoms with E-state index in [1.165, 1.54) is 12.8 Å². The summed E-state index contributed by atoms with van der Waals surface area (Å²) >= 11 is 0. The summed E-state index contributed by atoms with van der Waals surface area (Å²) in [5.41, 5.74) is 0. The van der Waals surface area contributed by atoms with Crippen molar-refractivity contribution in [3.05, 3.63) is 0 Å². The average Bonchev–Trinajstić information content (AvgIpc) is 2.80. The molecule has 0 bridgehead atoms. The predicted octanol–water partition coefficient (Wildman–Crippen LogP) is 0.634. The second-order valence-electron chi connectivity index (χ2n) is 2.98. The van der Waals surface area contributed by atoms with Gasteiger partial charge in [-0.1, -0.05) is 5.92 Å². The molecule has 1 N–H and O–H groups in total. The zero-order valence-corrected chi connectivity index (χ0v) is 6.97. The first-order chi connectivity index (χ1) is 5.38. The zero-order chi connectivity index (χ0) is 8.10. The Morgan fingerprint density at radius 3 is 2.91 bits per heavy atom. The topological polar surface area (TPSA) is 21.3 Å². The van der Waals surface area contributed by atoms with E-state index in [0.29, 0.717) is 12.6 Å². The highest BCUT2D eigenvalue weighted by molar-refractivity contribution is 4.92. The quantitative estimate of drug-likeness (QED) is 0.585. The van der Waals surface area contributed by atoms with Crippen molar-refractivity contribution >= 4 is 0 Å². The standard InChI is InChI=1S/C9H15NO/c1-3-6-10-9(7-11-2)8-4-5-8/h1,8-10H,4-7H2,2H3. The van der Waals surface area contributed by atoms with Crippen molar-refractivity contribution in [3.63, 3.8) is 0 Å². The number of hydrogen-bond acceptors (Lipinski definition) is 2. The maximum atomic E-state index is 5.14. The van der Waals surface area contributed by atoms with Crippen LogP contribution in [0.4, 0.5) is 0 Å². The molecule has 1 fully saturated rings. The molecule has 11 heavy (non-hydrogen) atoms. The maximum absolute atomic E-state index is 5.14. The normalized spacial score (nSPS) is 19.3. The van der Waals surface area contributed by atoms with Crippen LogP contribution in [0.3, 0.4) is 0 Å². The molecule has 2 heteroatoms. The fourth-order valence-corrected chi connectivity index (χ4v) is 1.23. The molecule has 1 atom stereocenters. The van der Waals surface area contributed by atoms with Crippen LogP contribution in [0.15, 0.2) is 0 Å². The molecule has 1 saturated carbocycles. The van der Waals surface area contributed by atoms with Crippen LogP contribution < -0.4 is 5.32 Å². The van der Waals surface area contributed by atoms with E-state index < -0.39 is 0 Å². The van der Waals surface area contributed by atoms with Gasteiger partial charge in [-0.05, 0) is 18.8 Å². The summed E-state index contributed by atoms with van der Waals surface area (Å²) in [6, 6.07) is 0.482. The molecule has 0 saturated heterocycles. The van der Waals surface area contributed by atoms with Gasteiger partial charge in [0, 0.05) is 13.2 Å². The summed E-state index contributed by atoms with van der Waals surface area (Å²) in [5, 5.41) is 3.27. The third kappa shape index (κ3) is 2.92. The van der Waals surface area contributed by atoms with E-state index in [2.05, 4.69) is 11.2 Å². The van der Waals surface area contributed by atoms with Crippen molar-refractivity contribution < 1.29 is 4.74 Å². The highest BCUT2D eigenvalue weighted by Gasteiger charge is 2.30. The molecule has 0 aromatic heterocycles. The Kier molecular flexibility index (Phi) is 3.41. The first-order valence-electron chi connectivity index (χ1n) is 4.04. The van der Waals surface area contributed by atoms with E-state index in [4.69, 9.17) is 11.2 Å². The lowest BCUT2D eigenvalue weighted by Crippen LogP contribution is -2.35. The summed E-state index contributed by atoms with van der Waals surface area (Å²) in [5.74, 6) is 3.38. The van der Waals surface area contributed by atoms with E-state index in [1.54, 1.807) is 7.11 Å². The van der Waals surface area contributed by atoms with Gasteiger partial charge < -0.3 is 10.1 Å². The lowest BCUT2D eigenvalue weighted by Gasteiger charge is -2.14. The van der Waals surface area contributed by atoms with Gasteiger partial charge in [0.15, 0.2) is 0 Å². The zero-order valence-electron chi connectivity index (χ0n) is 6.97. The Hall–Kier alpha value is -0.520. The van der Waals surface area contributed by atoms with Crippen LogP contribution in [-0.4, -0.2) is 26.3 Å². The van der Waals surface area contributed by atoms with Gasteiger partial charge in [0.25, 0.3) is 0 Å². The van der Waals surface area contributed by atoms with Crippen molar-refractivity contribution in [2.24, 2.45) is 5.92 Å². The smallest absolute Gasteiger partial charge is 0.0618 e. The number of hydrogen-bond donors (Lipinski definition) is 1. The molecule has 62 valence electrons. The lowest BCUT2D eigenvalue weighted by atomic mass is 10.2. The van der Waals surface area contributed by atoms with E-state index in [1.807, 2.05) is 0 Å². The molecule has 0 aliphatic heterocycles. The summed E-state index contributed by atoms with van der Waals surface area (Å²) in [6.07, 6.45) is 7.79. The molecule has 0 spiro atoms. The fraction of sp³-hybridized carbons (Fsp3) is 0.778. The Morgan fingerprint density at radius 1 is 1.73 bits per heavy atom. The van der Waals surface area contributed by atoms with Crippen LogP contribution in [0, 0.1) is 18.3 Å². The third-order valence-corrected chi connectivity index (χ3v) is 2.00. The van der Waals surface area contributed by atoms with Gasteiger partial charge in [0.1, 0.15) is 0 Å². The van der Waals surface area contributed by atoms with Gasteiger partial charge >= 0.3 is 0 Å². The minimum Gasteiger partial charge on any atom is -0.383 e. The number of nitrogens with one attached hydrogen (secondary N) is 1. The Labute approximate surface area is 68.3 Å². The molecular formula is C9H15NO. The second kappa shape index (κ2) is 4.38. The van der Waals surface area contributed by atoms with Gasteiger partial charge in [-0.25, -0.2) is 0 Å². The van der Waals surface area contributed by atoms with Gasteiger partial charge in [-0.15, -0.1) is 6.42 Å². The molecule has 0 amide bonds. The molecule has 0 aromatic rings. The Bertz CT molecular complexity index is 146. The first-order valence-corrected chi connectivity index (χ1v) is 4.04. The average molecular weight is 153 g/mol. The van der Waals surface area contributed by atoms with Crippen molar-refractivity contribution in [1.29, 1.82) is 0 Å². The third-order valence-electron chi connectivity index (χ3n) is 2.00. The van der Waals surface area contributed by atoms with Gasteiger partial charge in [0.05, 0.1) is 13.2 Å². The summed E-state index contributed by atoms with van der Waals surface area (Å²) < 4.78 is 5.07. The van der Waals surface area contributed by atoms with Crippen LogP contribution in [0.1, 0.15) is 12.8 Å². The van der Waals surface area contributed by atoms with Crippen molar-refractivity contribution in [1.82, 2.24) is 5.32 Å². The van der Waals surface area contributed by atoms with Crippen LogP contribution >= 0.6 is 0 Å². The number of ether oxygens (including phenoxy) is 1. The van der Waals surface area contributed by atoms with Crippen LogP contribution in [0.2, 0.25) is 0 Å². The Morgan fingerprint density at radius 2 is 2.45 bits per heavy atom. The van der Waals surface area contributed by atoms with E-state index >= 15 is 0 Å². The number of methoxy groups -OCH3 is 1. The minimum absolute atomic E-state index is 0.482. The monoisotopic (exact) mass is 153 g/mol. The van der Waals surface area contributed by atoms with Crippen molar-refractivity contribution in [2.45, 2.75) is 18.9 Å². The van der Waals surface area contributed by atoms with Crippen molar-refractivity contribution in [3.8, 4) is 12.3 Å². The van der Waals surface area contributed by atoms with E-state index in [9.17, 15) is 0 Å².